The molecule has 1 heterocycles. The standard InChI is InChI=1S/C28H37FN2O6/c1-18(2)35-26(32)28(29)14-6-9-23(15-28)36-22-12-10-21(11-13-22)25-24(19(3)31-37-25)17-34-27(33)30-16-20-7-4-5-8-20/h10-13,18,20,23H,4-9,14-17H2,1-3H3,(H,30,33). The van der Waals surface area contributed by atoms with Crippen molar-refractivity contribution in [2.24, 2.45) is 5.92 Å². The molecule has 8 nitrogen and oxygen atoms in total. The Kier molecular flexibility index (Phi) is 8.71. The quantitative estimate of drug-likeness (QED) is 0.405. The van der Waals surface area contributed by atoms with Gasteiger partial charge in [-0.3, -0.25) is 0 Å². The Hall–Kier alpha value is -3.10. The lowest BCUT2D eigenvalue weighted by Crippen LogP contribution is -2.44. The highest BCUT2D eigenvalue weighted by Crippen LogP contribution is 2.36. The highest BCUT2D eigenvalue weighted by Gasteiger charge is 2.45. The minimum Gasteiger partial charge on any atom is -0.490 e. The zero-order valence-electron chi connectivity index (χ0n) is 21.9. The van der Waals surface area contributed by atoms with Crippen LogP contribution < -0.4 is 10.1 Å². The minimum absolute atomic E-state index is 0.0358. The van der Waals surface area contributed by atoms with E-state index in [4.69, 9.17) is 18.7 Å². The lowest BCUT2D eigenvalue weighted by atomic mass is 9.84. The number of hydrogen-bond donors (Lipinski definition) is 1. The van der Waals surface area contributed by atoms with Crippen molar-refractivity contribution in [3.05, 3.63) is 35.5 Å². The smallest absolute Gasteiger partial charge is 0.407 e. The predicted molar refractivity (Wildman–Crippen MR) is 135 cm³/mol. The van der Waals surface area contributed by atoms with Crippen molar-refractivity contribution in [2.75, 3.05) is 6.54 Å². The number of hydrogen-bond acceptors (Lipinski definition) is 7. The third-order valence-corrected chi connectivity index (χ3v) is 7.12. The normalized spacial score (nSPS) is 22.1. The summed E-state index contributed by atoms with van der Waals surface area (Å²) < 4.78 is 37.3. The van der Waals surface area contributed by atoms with Crippen LogP contribution in [0.25, 0.3) is 11.3 Å². The van der Waals surface area contributed by atoms with Gasteiger partial charge >= 0.3 is 12.1 Å². The Bertz CT molecular complexity index is 1060. The van der Waals surface area contributed by atoms with Crippen molar-refractivity contribution in [1.29, 1.82) is 0 Å². The maximum absolute atomic E-state index is 15.3. The molecule has 0 bridgehead atoms. The molecule has 2 saturated carbocycles. The third-order valence-electron chi connectivity index (χ3n) is 7.12. The Balaban J connectivity index is 1.33. The van der Waals surface area contributed by atoms with Crippen molar-refractivity contribution in [1.82, 2.24) is 10.5 Å². The van der Waals surface area contributed by atoms with Gasteiger partial charge in [0.1, 0.15) is 18.5 Å². The van der Waals surface area contributed by atoms with Crippen LogP contribution in [0.5, 0.6) is 5.75 Å². The molecule has 9 heteroatoms. The molecule has 2 aromatic rings. The van der Waals surface area contributed by atoms with E-state index in [1.165, 1.54) is 12.8 Å². The molecule has 2 fully saturated rings. The van der Waals surface area contributed by atoms with Gasteiger partial charge in [0, 0.05) is 18.5 Å². The summed E-state index contributed by atoms with van der Waals surface area (Å²) in [6, 6.07) is 7.18. The first kappa shape index (κ1) is 26.9. The average molecular weight is 517 g/mol. The summed E-state index contributed by atoms with van der Waals surface area (Å²) in [4.78, 5) is 24.4. The van der Waals surface area contributed by atoms with E-state index in [9.17, 15) is 9.59 Å². The second kappa shape index (κ2) is 12.0. The maximum atomic E-state index is 15.3. The summed E-state index contributed by atoms with van der Waals surface area (Å²) in [5, 5.41) is 6.89. The van der Waals surface area contributed by atoms with Crippen LogP contribution in [-0.2, 0) is 20.9 Å². The molecule has 1 amide bonds. The molecule has 0 spiro atoms. The van der Waals surface area contributed by atoms with Gasteiger partial charge in [0.15, 0.2) is 5.76 Å². The van der Waals surface area contributed by atoms with Gasteiger partial charge in [-0.2, -0.15) is 0 Å². The lowest BCUT2D eigenvalue weighted by molar-refractivity contribution is -0.166. The number of benzene rings is 1. The van der Waals surface area contributed by atoms with Gasteiger partial charge < -0.3 is 24.1 Å². The molecule has 202 valence electrons. The van der Waals surface area contributed by atoms with Crippen LogP contribution in [0.3, 0.4) is 0 Å². The number of aromatic nitrogens is 1. The third kappa shape index (κ3) is 7.02. The fourth-order valence-electron chi connectivity index (χ4n) is 5.07. The average Bonchev–Trinajstić information content (AvgIpc) is 3.51. The number of carbonyl (C=O) groups is 2. The number of amides is 1. The number of ether oxygens (including phenoxy) is 3. The van der Waals surface area contributed by atoms with Gasteiger partial charge in [-0.1, -0.05) is 18.0 Å². The van der Waals surface area contributed by atoms with Gasteiger partial charge in [-0.15, -0.1) is 0 Å². The number of nitrogens with one attached hydrogen (secondary N) is 1. The summed E-state index contributed by atoms with van der Waals surface area (Å²) >= 11 is 0. The number of esters is 1. The van der Waals surface area contributed by atoms with E-state index in [1.54, 1.807) is 32.9 Å². The van der Waals surface area contributed by atoms with Gasteiger partial charge in [-0.25, -0.2) is 14.0 Å². The molecule has 37 heavy (non-hydrogen) atoms. The van der Waals surface area contributed by atoms with Crippen molar-refractivity contribution in [2.45, 2.75) is 96.6 Å². The molecule has 1 N–H and O–H groups in total. The molecule has 1 aromatic heterocycles. The number of aryl methyl sites for hydroxylation is 1. The van der Waals surface area contributed by atoms with E-state index in [0.29, 0.717) is 48.1 Å². The van der Waals surface area contributed by atoms with Crippen LogP contribution in [0.2, 0.25) is 0 Å². The molecule has 0 saturated heterocycles. The highest BCUT2D eigenvalue weighted by atomic mass is 19.1. The second-order valence-corrected chi connectivity index (χ2v) is 10.5. The molecule has 2 unspecified atom stereocenters. The molecule has 2 aliphatic rings. The minimum atomic E-state index is -2.03. The van der Waals surface area contributed by atoms with Gasteiger partial charge in [0.2, 0.25) is 5.67 Å². The summed E-state index contributed by atoms with van der Waals surface area (Å²) in [6.45, 7) is 5.90. The molecule has 2 atom stereocenters. The van der Waals surface area contributed by atoms with Crippen molar-refractivity contribution in [3.8, 4) is 17.1 Å². The fraction of sp³-hybridized carbons (Fsp3) is 0.607. The van der Waals surface area contributed by atoms with Crippen molar-refractivity contribution >= 4 is 12.1 Å². The van der Waals surface area contributed by atoms with Crippen LogP contribution in [0.15, 0.2) is 28.8 Å². The molecular formula is C28H37FN2O6. The summed E-state index contributed by atoms with van der Waals surface area (Å²) in [5.74, 6) is 0.804. The summed E-state index contributed by atoms with van der Waals surface area (Å²) in [7, 11) is 0. The molecular weight excluding hydrogens is 479 g/mol. The van der Waals surface area contributed by atoms with E-state index in [1.807, 2.05) is 12.1 Å². The number of rotatable bonds is 9. The molecule has 0 radical (unpaired) electrons. The van der Waals surface area contributed by atoms with Crippen LogP contribution in [0.1, 0.15) is 76.5 Å². The summed E-state index contributed by atoms with van der Waals surface area (Å²) in [5.41, 5.74) is 0.0708. The second-order valence-electron chi connectivity index (χ2n) is 10.5. The first-order chi connectivity index (χ1) is 17.7. The number of nitrogens with zero attached hydrogens (tertiary/aromatic N) is 1. The molecule has 4 rings (SSSR count). The highest BCUT2D eigenvalue weighted by molar-refractivity contribution is 5.79. The maximum Gasteiger partial charge on any atom is 0.407 e. The monoisotopic (exact) mass is 516 g/mol. The SMILES string of the molecule is Cc1noc(-c2ccc(OC3CCCC(F)(C(=O)OC(C)C)C3)cc2)c1COC(=O)NCC1CCCC1. The van der Waals surface area contributed by atoms with Gasteiger partial charge in [0.05, 0.1) is 17.4 Å². The predicted octanol–water partition coefficient (Wildman–Crippen LogP) is 6.05. The molecule has 0 aliphatic heterocycles. The van der Waals surface area contributed by atoms with Crippen LogP contribution in [-0.4, -0.2) is 41.6 Å². The van der Waals surface area contributed by atoms with Crippen LogP contribution >= 0.6 is 0 Å². The molecule has 1 aromatic carbocycles. The van der Waals surface area contributed by atoms with E-state index < -0.39 is 23.8 Å². The number of carbonyl (C=O) groups excluding carboxylic acids is 2. The lowest BCUT2D eigenvalue weighted by Gasteiger charge is -2.33. The Morgan fingerprint density at radius 3 is 2.59 bits per heavy atom. The summed E-state index contributed by atoms with van der Waals surface area (Å²) in [6.07, 6.45) is 4.81. The number of halogens is 1. The fourth-order valence-corrected chi connectivity index (χ4v) is 5.07. The number of alkyl halides is 1. The first-order valence-electron chi connectivity index (χ1n) is 13.3. The zero-order valence-corrected chi connectivity index (χ0v) is 21.9. The topological polar surface area (TPSA) is 99.9 Å². The van der Waals surface area contributed by atoms with E-state index >= 15 is 4.39 Å². The Labute approximate surface area is 217 Å². The van der Waals surface area contributed by atoms with Gasteiger partial charge in [-0.05, 0) is 83.1 Å². The van der Waals surface area contributed by atoms with E-state index in [-0.39, 0.29) is 25.6 Å². The Morgan fingerprint density at radius 2 is 1.89 bits per heavy atom. The first-order valence-corrected chi connectivity index (χ1v) is 13.3. The van der Waals surface area contributed by atoms with E-state index in [2.05, 4.69) is 10.5 Å². The van der Waals surface area contributed by atoms with Crippen molar-refractivity contribution in [3.63, 3.8) is 0 Å². The Morgan fingerprint density at radius 1 is 1.16 bits per heavy atom. The number of alkyl carbamates (subject to hydrolysis) is 1. The van der Waals surface area contributed by atoms with E-state index in [0.717, 1.165) is 18.4 Å². The van der Waals surface area contributed by atoms with Crippen LogP contribution in [0.4, 0.5) is 9.18 Å². The molecule has 2 aliphatic carbocycles. The zero-order chi connectivity index (χ0) is 26.4. The van der Waals surface area contributed by atoms with Crippen molar-refractivity contribution < 1.29 is 32.7 Å². The largest absolute Gasteiger partial charge is 0.490 e. The van der Waals surface area contributed by atoms with Gasteiger partial charge in [0.25, 0.3) is 0 Å². The van der Waals surface area contributed by atoms with Crippen LogP contribution in [0, 0.1) is 12.8 Å².